The van der Waals surface area contributed by atoms with E-state index in [0.717, 1.165) is 61.2 Å². The summed E-state index contributed by atoms with van der Waals surface area (Å²) in [5.41, 5.74) is 0.892. The minimum Gasteiger partial charge on any atom is -0.497 e. The van der Waals surface area contributed by atoms with E-state index in [-0.39, 0.29) is 11.8 Å². The molecule has 1 aliphatic heterocycles. The van der Waals surface area contributed by atoms with E-state index in [1.54, 1.807) is 7.11 Å². The number of amides is 1. The maximum atomic E-state index is 12.7. The van der Waals surface area contributed by atoms with E-state index in [2.05, 4.69) is 32.1 Å². The van der Waals surface area contributed by atoms with Gasteiger partial charge in [-0.05, 0) is 68.7 Å². The summed E-state index contributed by atoms with van der Waals surface area (Å²) in [5.74, 6) is 3.32. The minimum atomic E-state index is 0.0359. The standard InChI is InChI=1S/C25H36N4O3S/c1-31-21-12-10-19(11-13-21)24-27-23(32-28-24)18-29-15-5-7-20(17-29)25(30)26-14-6-16-33-22-8-3-2-4-9-22/h10-13,20,22H,2-9,14-18H2,1H3,(H,26,30). The van der Waals surface area contributed by atoms with Crippen LogP contribution in [0, 0.1) is 5.92 Å². The second-order valence-corrected chi connectivity index (χ2v) is 10.5. The largest absolute Gasteiger partial charge is 0.497 e. The summed E-state index contributed by atoms with van der Waals surface area (Å²) < 4.78 is 10.7. The van der Waals surface area contributed by atoms with Gasteiger partial charge < -0.3 is 14.6 Å². The van der Waals surface area contributed by atoms with E-state index in [9.17, 15) is 4.79 Å². The van der Waals surface area contributed by atoms with Crippen LogP contribution in [-0.4, -0.2) is 58.7 Å². The molecule has 0 spiro atoms. The van der Waals surface area contributed by atoms with Gasteiger partial charge in [-0.3, -0.25) is 9.69 Å². The first-order valence-corrected chi connectivity index (χ1v) is 13.3. The summed E-state index contributed by atoms with van der Waals surface area (Å²) in [4.78, 5) is 19.5. The molecule has 8 heteroatoms. The highest BCUT2D eigenvalue weighted by Gasteiger charge is 2.26. The molecule has 1 saturated heterocycles. The summed E-state index contributed by atoms with van der Waals surface area (Å²) in [7, 11) is 1.64. The summed E-state index contributed by atoms with van der Waals surface area (Å²) in [6, 6.07) is 7.60. The van der Waals surface area contributed by atoms with Crippen LogP contribution in [0.3, 0.4) is 0 Å². The third-order valence-electron chi connectivity index (χ3n) is 6.58. The number of hydrogen-bond acceptors (Lipinski definition) is 7. The lowest BCUT2D eigenvalue weighted by Gasteiger charge is -2.30. The average molecular weight is 473 g/mol. The van der Waals surface area contributed by atoms with Gasteiger partial charge in [0.1, 0.15) is 5.75 Å². The van der Waals surface area contributed by atoms with Crippen molar-refractivity contribution >= 4 is 17.7 Å². The van der Waals surface area contributed by atoms with Crippen LogP contribution in [0.5, 0.6) is 5.75 Å². The van der Waals surface area contributed by atoms with Crippen LogP contribution in [0.25, 0.3) is 11.4 Å². The molecule has 1 aromatic carbocycles. The number of carbonyl (C=O) groups is 1. The number of nitrogens with zero attached hydrogens (tertiary/aromatic N) is 3. The molecule has 2 aromatic rings. The van der Waals surface area contributed by atoms with Crippen molar-refractivity contribution in [2.24, 2.45) is 5.92 Å². The fraction of sp³-hybridized carbons (Fsp3) is 0.640. The van der Waals surface area contributed by atoms with E-state index < -0.39 is 0 Å². The van der Waals surface area contributed by atoms with Gasteiger partial charge in [-0.15, -0.1) is 0 Å². The van der Waals surface area contributed by atoms with Crippen molar-refractivity contribution in [1.82, 2.24) is 20.4 Å². The molecule has 7 nitrogen and oxygen atoms in total. The highest BCUT2D eigenvalue weighted by atomic mass is 32.2. The Kier molecular flexibility index (Phi) is 9.06. The Labute approximate surface area is 201 Å². The van der Waals surface area contributed by atoms with E-state index in [1.807, 2.05) is 24.3 Å². The highest BCUT2D eigenvalue weighted by Crippen LogP contribution is 2.28. The van der Waals surface area contributed by atoms with Crippen LogP contribution in [0.15, 0.2) is 28.8 Å². The third kappa shape index (κ3) is 7.21. The summed E-state index contributed by atoms with van der Waals surface area (Å²) in [6.07, 6.45) is 9.93. The van der Waals surface area contributed by atoms with Crippen molar-refractivity contribution < 1.29 is 14.1 Å². The molecule has 1 saturated carbocycles. The Hall–Kier alpha value is -2.06. The predicted octanol–water partition coefficient (Wildman–Crippen LogP) is 4.53. The molecular formula is C25H36N4O3S. The van der Waals surface area contributed by atoms with Crippen molar-refractivity contribution in [1.29, 1.82) is 0 Å². The van der Waals surface area contributed by atoms with Gasteiger partial charge in [-0.2, -0.15) is 16.7 Å². The topological polar surface area (TPSA) is 80.5 Å². The number of methoxy groups -OCH3 is 1. The molecule has 2 aliphatic rings. The minimum absolute atomic E-state index is 0.0359. The normalized spacial score (nSPS) is 20.0. The molecule has 2 heterocycles. The number of ether oxygens (including phenoxy) is 1. The van der Waals surface area contributed by atoms with Gasteiger partial charge in [0.25, 0.3) is 0 Å². The average Bonchev–Trinajstić information content (AvgIpc) is 3.33. The van der Waals surface area contributed by atoms with Gasteiger partial charge in [-0.1, -0.05) is 24.4 Å². The number of rotatable bonds is 10. The Bertz CT molecular complexity index is 867. The van der Waals surface area contributed by atoms with Crippen molar-refractivity contribution in [3.63, 3.8) is 0 Å². The summed E-state index contributed by atoms with van der Waals surface area (Å²) >= 11 is 2.10. The Balaban J connectivity index is 1.18. The maximum absolute atomic E-state index is 12.7. The summed E-state index contributed by atoms with van der Waals surface area (Å²) in [6.45, 7) is 3.04. The van der Waals surface area contributed by atoms with Crippen molar-refractivity contribution in [2.75, 3.05) is 32.5 Å². The molecule has 1 unspecified atom stereocenters. The zero-order valence-electron chi connectivity index (χ0n) is 19.6. The van der Waals surface area contributed by atoms with Crippen LogP contribution in [-0.2, 0) is 11.3 Å². The summed E-state index contributed by atoms with van der Waals surface area (Å²) in [5, 5.41) is 8.13. The first-order chi connectivity index (χ1) is 16.2. The van der Waals surface area contributed by atoms with Gasteiger partial charge in [-0.25, -0.2) is 0 Å². The molecule has 0 bridgehead atoms. The molecule has 4 rings (SSSR count). The molecular weight excluding hydrogens is 436 g/mol. The zero-order valence-corrected chi connectivity index (χ0v) is 20.4. The monoisotopic (exact) mass is 472 g/mol. The quantitative estimate of drug-likeness (QED) is 0.509. The van der Waals surface area contributed by atoms with Crippen LogP contribution < -0.4 is 10.1 Å². The van der Waals surface area contributed by atoms with Gasteiger partial charge in [0.05, 0.1) is 19.6 Å². The lowest BCUT2D eigenvalue weighted by atomic mass is 9.97. The smallest absolute Gasteiger partial charge is 0.241 e. The third-order valence-corrected chi connectivity index (χ3v) is 8.04. The fourth-order valence-corrected chi connectivity index (χ4v) is 6.00. The number of hydrogen-bond donors (Lipinski definition) is 1. The van der Waals surface area contributed by atoms with E-state index in [4.69, 9.17) is 9.26 Å². The second-order valence-electron chi connectivity index (χ2n) is 9.09. The molecule has 1 aromatic heterocycles. The number of carbonyl (C=O) groups excluding carboxylic acids is 1. The molecule has 180 valence electrons. The highest BCUT2D eigenvalue weighted by molar-refractivity contribution is 7.99. The van der Waals surface area contributed by atoms with Crippen LogP contribution >= 0.6 is 11.8 Å². The SMILES string of the molecule is COc1ccc(-c2noc(CN3CCCC(C(=O)NCCCSC4CCCCC4)C3)n2)cc1. The Morgan fingerprint density at radius 2 is 2.00 bits per heavy atom. The number of benzene rings is 1. The van der Waals surface area contributed by atoms with Crippen molar-refractivity contribution in [2.45, 2.75) is 63.2 Å². The molecule has 1 N–H and O–H groups in total. The molecule has 1 aliphatic carbocycles. The van der Waals surface area contributed by atoms with Crippen LogP contribution in [0.2, 0.25) is 0 Å². The number of nitrogens with one attached hydrogen (secondary N) is 1. The first kappa shape index (κ1) is 24.1. The van der Waals surface area contributed by atoms with Gasteiger partial charge in [0, 0.05) is 23.9 Å². The lowest BCUT2D eigenvalue weighted by molar-refractivity contribution is -0.126. The maximum Gasteiger partial charge on any atom is 0.241 e. The Morgan fingerprint density at radius 3 is 2.79 bits per heavy atom. The van der Waals surface area contributed by atoms with Gasteiger partial charge in [0.2, 0.25) is 17.6 Å². The molecule has 0 radical (unpaired) electrons. The number of thioether (sulfide) groups is 1. The van der Waals surface area contributed by atoms with Crippen LogP contribution in [0.4, 0.5) is 0 Å². The van der Waals surface area contributed by atoms with E-state index >= 15 is 0 Å². The molecule has 2 fully saturated rings. The fourth-order valence-electron chi connectivity index (χ4n) is 4.69. The zero-order chi connectivity index (χ0) is 22.9. The number of piperidine rings is 1. The molecule has 33 heavy (non-hydrogen) atoms. The second kappa shape index (κ2) is 12.4. The van der Waals surface area contributed by atoms with Gasteiger partial charge in [0.15, 0.2) is 0 Å². The van der Waals surface area contributed by atoms with Gasteiger partial charge >= 0.3 is 0 Å². The lowest BCUT2D eigenvalue weighted by Crippen LogP contribution is -2.43. The van der Waals surface area contributed by atoms with E-state index in [0.29, 0.717) is 18.3 Å². The van der Waals surface area contributed by atoms with Crippen LogP contribution in [0.1, 0.15) is 57.3 Å². The number of likely N-dealkylation sites (tertiary alicyclic amines) is 1. The molecule has 1 atom stereocenters. The van der Waals surface area contributed by atoms with Crippen molar-refractivity contribution in [3.8, 4) is 17.1 Å². The molecule has 1 amide bonds. The Morgan fingerprint density at radius 1 is 1.18 bits per heavy atom. The predicted molar refractivity (Wildman–Crippen MR) is 131 cm³/mol. The first-order valence-electron chi connectivity index (χ1n) is 12.3. The van der Waals surface area contributed by atoms with Crippen molar-refractivity contribution in [3.05, 3.63) is 30.2 Å². The number of aromatic nitrogens is 2. The van der Waals surface area contributed by atoms with E-state index in [1.165, 1.54) is 32.1 Å².